The molecule has 0 aliphatic carbocycles. The average molecular weight is 356 g/mol. The molecule has 0 fully saturated rings. The van der Waals surface area contributed by atoms with Crippen molar-refractivity contribution < 1.29 is 18.7 Å². The predicted octanol–water partition coefficient (Wildman–Crippen LogP) is 4.62. The van der Waals surface area contributed by atoms with Crippen molar-refractivity contribution >= 4 is 27.6 Å². The van der Waals surface area contributed by atoms with E-state index in [1.54, 1.807) is 24.3 Å². The Balaban J connectivity index is 2.22. The van der Waals surface area contributed by atoms with Crippen LogP contribution in [0, 0.1) is 0 Å². The van der Waals surface area contributed by atoms with Crippen LogP contribution in [0.5, 0.6) is 0 Å². The Hall–Kier alpha value is -1.95. The van der Waals surface area contributed by atoms with Gasteiger partial charge in [0.15, 0.2) is 6.04 Å². The molecule has 0 amide bonds. The van der Waals surface area contributed by atoms with Crippen LogP contribution in [0.2, 0.25) is 0 Å². The maximum atomic E-state index is 12.5. The van der Waals surface area contributed by atoms with E-state index in [1.165, 1.54) is 24.3 Å². The molecule has 6 heteroatoms. The van der Waals surface area contributed by atoms with Crippen LogP contribution in [0.1, 0.15) is 23.6 Å². The fraction of sp³-hybridized carbons (Fsp3) is 0.133. The van der Waals surface area contributed by atoms with E-state index < -0.39 is 18.4 Å². The molecule has 2 rings (SSSR count). The normalized spacial score (nSPS) is 12.2. The van der Waals surface area contributed by atoms with E-state index in [1.807, 2.05) is 0 Å². The molecule has 0 aliphatic heterocycles. The molecule has 2 aromatic carbocycles. The Labute approximate surface area is 128 Å². The van der Waals surface area contributed by atoms with E-state index in [-0.39, 0.29) is 5.56 Å². The first-order valence-electron chi connectivity index (χ1n) is 6.10. The van der Waals surface area contributed by atoms with Crippen LogP contribution in [0.25, 0.3) is 0 Å². The van der Waals surface area contributed by atoms with Gasteiger partial charge in [-0.2, -0.15) is 0 Å². The zero-order chi connectivity index (χ0) is 15.4. The van der Waals surface area contributed by atoms with Gasteiger partial charge in [-0.3, -0.25) is 0 Å². The number of benzene rings is 2. The van der Waals surface area contributed by atoms with E-state index in [0.29, 0.717) is 11.3 Å². The number of carboxylic acid groups (broad SMARTS) is 1. The number of halogens is 3. The van der Waals surface area contributed by atoms with Crippen LogP contribution in [0.3, 0.4) is 0 Å². The molecule has 2 aromatic rings. The third-order valence-electron chi connectivity index (χ3n) is 2.92. The molecular weight excluding hydrogens is 344 g/mol. The van der Waals surface area contributed by atoms with Crippen molar-refractivity contribution in [1.82, 2.24) is 0 Å². The SMILES string of the molecule is O=C(O)C(Nc1ccc(Br)cc1)c1ccc(C(F)F)cc1. The van der Waals surface area contributed by atoms with E-state index in [0.717, 1.165) is 4.47 Å². The zero-order valence-corrected chi connectivity index (χ0v) is 12.3. The van der Waals surface area contributed by atoms with Crippen molar-refractivity contribution in [3.63, 3.8) is 0 Å². The van der Waals surface area contributed by atoms with Crippen LogP contribution >= 0.6 is 15.9 Å². The Morgan fingerprint density at radius 3 is 2.00 bits per heavy atom. The summed E-state index contributed by atoms with van der Waals surface area (Å²) in [6.07, 6.45) is -2.57. The standard InChI is InChI=1S/C15H12BrF2NO2/c16-11-5-7-12(8-6-11)19-13(15(20)21)9-1-3-10(4-2-9)14(17)18/h1-8,13-14,19H,(H,20,21). The summed E-state index contributed by atoms with van der Waals surface area (Å²) in [5.41, 5.74) is 0.907. The van der Waals surface area contributed by atoms with Crippen LogP contribution in [-0.4, -0.2) is 11.1 Å². The number of hydrogen-bond donors (Lipinski definition) is 2. The quantitative estimate of drug-likeness (QED) is 0.822. The number of hydrogen-bond acceptors (Lipinski definition) is 2. The third kappa shape index (κ3) is 4.01. The van der Waals surface area contributed by atoms with Crippen LogP contribution in [-0.2, 0) is 4.79 Å². The molecule has 2 N–H and O–H groups in total. The van der Waals surface area contributed by atoms with Crippen LogP contribution < -0.4 is 5.32 Å². The van der Waals surface area contributed by atoms with Gasteiger partial charge in [0.05, 0.1) is 0 Å². The number of anilines is 1. The van der Waals surface area contributed by atoms with Gasteiger partial charge in [-0.05, 0) is 29.8 Å². The van der Waals surface area contributed by atoms with E-state index >= 15 is 0 Å². The van der Waals surface area contributed by atoms with Gasteiger partial charge in [-0.15, -0.1) is 0 Å². The minimum absolute atomic E-state index is 0.133. The number of carboxylic acids is 1. The van der Waals surface area contributed by atoms with Gasteiger partial charge in [0.1, 0.15) is 0 Å². The van der Waals surface area contributed by atoms with E-state index in [9.17, 15) is 18.7 Å². The Morgan fingerprint density at radius 1 is 1.00 bits per heavy atom. The molecule has 0 heterocycles. The molecule has 0 bridgehead atoms. The Bertz CT molecular complexity index is 615. The molecule has 1 unspecified atom stereocenters. The highest BCUT2D eigenvalue weighted by atomic mass is 79.9. The number of nitrogens with one attached hydrogen (secondary N) is 1. The van der Waals surface area contributed by atoms with Gasteiger partial charge in [-0.1, -0.05) is 40.2 Å². The second kappa shape index (κ2) is 6.67. The number of alkyl halides is 2. The van der Waals surface area contributed by atoms with Crippen molar-refractivity contribution in [2.45, 2.75) is 12.5 Å². The topological polar surface area (TPSA) is 49.3 Å². The highest BCUT2D eigenvalue weighted by Gasteiger charge is 2.20. The van der Waals surface area contributed by atoms with Gasteiger partial charge in [0.25, 0.3) is 6.43 Å². The van der Waals surface area contributed by atoms with Crippen molar-refractivity contribution in [2.75, 3.05) is 5.32 Å². The Kier molecular flexibility index (Phi) is 4.90. The molecule has 0 saturated carbocycles. The summed E-state index contributed by atoms with van der Waals surface area (Å²) in [6.45, 7) is 0. The van der Waals surface area contributed by atoms with Crippen molar-refractivity contribution in [3.8, 4) is 0 Å². The van der Waals surface area contributed by atoms with Crippen molar-refractivity contribution in [3.05, 3.63) is 64.1 Å². The Morgan fingerprint density at radius 2 is 1.52 bits per heavy atom. The maximum absolute atomic E-state index is 12.5. The number of carbonyl (C=O) groups is 1. The van der Waals surface area contributed by atoms with Crippen molar-refractivity contribution in [1.29, 1.82) is 0 Å². The molecule has 110 valence electrons. The van der Waals surface area contributed by atoms with Gasteiger partial charge in [-0.25, -0.2) is 13.6 Å². The first-order chi connectivity index (χ1) is 9.97. The van der Waals surface area contributed by atoms with Gasteiger partial charge in [0, 0.05) is 15.7 Å². The van der Waals surface area contributed by atoms with Gasteiger partial charge in [0.2, 0.25) is 0 Å². The third-order valence-corrected chi connectivity index (χ3v) is 3.45. The summed E-state index contributed by atoms with van der Waals surface area (Å²) < 4.78 is 25.9. The first kappa shape index (κ1) is 15.4. The molecule has 1 atom stereocenters. The zero-order valence-electron chi connectivity index (χ0n) is 10.8. The lowest BCUT2D eigenvalue weighted by molar-refractivity contribution is -0.138. The molecular formula is C15H12BrF2NO2. The smallest absolute Gasteiger partial charge is 0.330 e. The van der Waals surface area contributed by atoms with Crippen LogP contribution in [0.15, 0.2) is 53.0 Å². The van der Waals surface area contributed by atoms with Crippen molar-refractivity contribution in [2.24, 2.45) is 0 Å². The fourth-order valence-corrected chi connectivity index (χ4v) is 2.10. The summed E-state index contributed by atoms with van der Waals surface area (Å²) in [7, 11) is 0. The highest BCUT2D eigenvalue weighted by Crippen LogP contribution is 2.24. The van der Waals surface area contributed by atoms with Crippen LogP contribution in [0.4, 0.5) is 14.5 Å². The maximum Gasteiger partial charge on any atom is 0.330 e. The second-order valence-corrected chi connectivity index (χ2v) is 5.31. The predicted molar refractivity (Wildman–Crippen MR) is 79.5 cm³/mol. The monoisotopic (exact) mass is 355 g/mol. The highest BCUT2D eigenvalue weighted by molar-refractivity contribution is 9.10. The minimum atomic E-state index is -2.57. The number of rotatable bonds is 5. The lowest BCUT2D eigenvalue weighted by Gasteiger charge is -2.16. The van der Waals surface area contributed by atoms with E-state index in [2.05, 4.69) is 21.2 Å². The molecule has 21 heavy (non-hydrogen) atoms. The first-order valence-corrected chi connectivity index (χ1v) is 6.89. The molecule has 3 nitrogen and oxygen atoms in total. The molecule has 0 spiro atoms. The summed E-state index contributed by atoms with van der Waals surface area (Å²) in [6, 6.07) is 11.3. The largest absolute Gasteiger partial charge is 0.479 e. The van der Waals surface area contributed by atoms with E-state index in [4.69, 9.17) is 0 Å². The molecule has 0 saturated heterocycles. The molecule has 0 radical (unpaired) electrons. The lowest BCUT2D eigenvalue weighted by Crippen LogP contribution is -2.20. The second-order valence-electron chi connectivity index (χ2n) is 4.39. The molecule has 0 aromatic heterocycles. The lowest BCUT2D eigenvalue weighted by atomic mass is 10.0. The van der Waals surface area contributed by atoms with Gasteiger partial charge < -0.3 is 10.4 Å². The average Bonchev–Trinajstić information content (AvgIpc) is 2.46. The van der Waals surface area contributed by atoms with Gasteiger partial charge >= 0.3 is 5.97 Å². The minimum Gasteiger partial charge on any atom is -0.479 e. The summed E-state index contributed by atoms with van der Waals surface area (Å²) in [4.78, 5) is 11.4. The fourth-order valence-electron chi connectivity index (χ4n) is 1.83. The summed E-state index contributed by atoms with van der Waals surface area (Å²) in [5, 5.41) is 12.2. The molecule has 0 aliphatic rings. The summed E-state index contributed by atoms with van der Waals surface area (Å²) in [5.74, 6) is -1.08. The summed E-state index contributed by atoms with van der Waals surface area (Å²) >= 11 is 3.29. The number of aliphatic carboxylic acids is 1.